The molecule has 0 saturated carbocycles. The van der Waals surface area contributed by atoms with Crippen LogP contribution >= 0.6 is 0 Å². The molecule has 1 aromatic heterocycles. The van der Waals surface area contributed by atoms with Crippen molar-refractivity contribution in [1.29, 1.82) is 0 Å². The molecule has 1 N–H and O–H groups in total. The van der Waals surface area contributed by atoms with Gasteiger partial charge in [-0.1, -0.05) is 24.3 Å². The summed E-state index contributed by atoms with van der Waals surface area (Å²) >= 11 is 0. The van der Waals surface area contributed by atoms with Crippen LogP contribution in [0.1, 0.15) is 24.1 Å². The van der Waals surface area contributed by atoms with Gasteiger partial charge in [-0.2, -0.15) is 4.57 Å². The highest BCUT2D eigenvalue weighted by Gasteiger charge is 2.25. The molecule has 22 heavy (non-hydrogen) atoms. The number of nitrogens with zero attached hydrogens (tertiary/aromatic N) is 2. The van der Waals surface area contributed by atoms with Crippen LogP contribution in [0.3, 0.4) is 0 Å². The third kappa shape index (κ3) is 4.21. The van der Waals surface area contributed by atoms with E-state index in [1.165, 1.54) is 5.56 Å². The number of rotatable bonds is 4. The molecular formula is C17H21ClN2O2. The van der Waals surface area contributed by atoms with Crippen molar-refractivity contribution < 1.29 is 26.9 Å². The summed E-state index contributed by atoms with van der Waals surface area (Å²) in [6, 6.07) is 11.0. The maximum atomic E-state index is 12.5. The Morgan fingerprint density at radius 2 is 1.95 bits per heavy atom. The van der Waals surface area contributed by atoms with Gasteiger partial charge in [0.1, 0.15) is 0 Å². The van der Waals surface area contributed by atoms with Crippen LogP contribution in [0.2, 0.25) is 0 Å². The smallest absolute Gasteiger partial charge is 0.291 e. The Bertz CT molecular complexity index is 646. The molecule has 0 spiro atoms. The second-order valence-corrected chi connectivity index (χ2v) is 5.31. The van der Waals surface area contributed by atoms with Crippen molar-refractivity contribution in [1.82, 2.24) is 4.90 Å². The van der Waals surface area contributed by atoms with Crippen LogP contribution in [0.5, 0.6) is 5.75 Å². The van der Waals surface area contributed by atoms with Gasteiger partial charge >= 0.3 is 0 Å². The van der Waals surface area contributed by atoms with Gasteiger partial charge in [0.15, 0.2) is 11.9 Å². The van der Waals surface area contributed by atoms with E-state index < -0.39 is 0 Å². The number of hydrogen-bond acceptors (Lipinski definition) is 2. The predicted molar refractivity (Wildman–Crippen MR) is 80.7 cm³/mol. The van der Waals surface area contributed by atoms with Crippen LogP contribution in [0.15, 0.2) is 48.8 Å². The first-order chi connectivity index (χ1) is 9.99. The van der Waals surface area contributed by atoms with E-state index in [1.54, 1.807) is 41.0 Å². The number of carbonyl (C=O) groups excluding carboxylic acids is 1. The molecule has 1 atom stereocenters. The first kappa shape index (κ1) is 18.0. The molecule has 1 amide bonds. The number of hydrogen-bond donors (Lipinski definition) is 1. The molecule has 1 unspecified atom stereocenters. The topological polar surface area (TPSA) is 44.4 Å². The Balaban J connectivity index is 0.00000242. The molecule has 0 aliphatic carbocycles. The second kappa shape index (κ2) is 7.80. The van der Waals surface area contributed by atoms with E-state index in [0.29, 0.717) is 6.54 Å². The van der Waals surface area contributed by atoms with E-state index in [2.05, 4.69) is 0 Å². The van der Waals surface area contributed by atoms with Crippen LogP contribution in [0, 0.1) is 6.92 Å². The van der Waals surface area contributed by atoms with Crippen LogP contribution in [-0.2, 0) is 11.3 Å². The fraction of sp³-hybridized carbons (Fsp3) is 0.294. The van der Waals surface area contributed by atoms with Crippen molar-refractivity contribution in [3.63, 3.8) is 0 Å². The minimum absolute atomic E-state index is 0. The van der Waals surface area contributed by atoms with Gasteiger partial charge in [0.2, 0.25) is 12.2 Å². The number of benzene rings is 1. The molecule has 1 heterocycles. The summed E-state index contributed by atoms with van der Waals surface area (Å²) in [7, 11) is 1.80. The van der Waals surface area contributed by atoms with Crippen molar-refractivity contribution in [3.05, 3.63) is 59.9 Å². The molecule has 118 valence electrons. The maximum absolute atomic E-state index is 12.5. The average Bonchev–Trinajstić information content (AvgIpc) is 2.48. The third-order valence-electron chi connectivity index (χ3n) is 3.66. The number of likely N-dealkylation sites (N-methyl/N-ethyl adjacent to an activating group) is 1. The normalized spacial score (nSPS) is 11.4. The maximum Gasteiger partial charge on any atom is 0.291 e. The molecular weight excluding hydrogens is 300 g/mol. The SMILES string of the molecule is Cc1ccccc1CN(C)C(=O)C(C)[n+]1cccc(O)c1.[Cl-]. The van der Waals surface area contributed by atoms with Crippen molar-refractivity contribution in [2.45, 2.75) is 26.4 Å². The van der Waals surface area contributed by atoms with Crippen molar-refractivity contribution in [2.24, 2.45) is 0 Å². The number of amides is 1. The van der Waals surface area contributed by atoms with Gasteiger partial charge < -0.3 is 22.4 Å². The van der Waals surface area contributed by atoms with Crippen molar-refractivity contribution in [3.8, 4) is 5.75 Å². The monoisotopic (exact) mass is 320 g/mol. The fourth-order valence-electron chi connectivity index (χ4n) is 2.29. The van der Waals surface area contributed by atoms with Gasteiger partial charge in [0.05, 0.1) is 0 Å². The first-order valence-corrected chi connectivity index (χ1v) is 6.98. The lowest BCUT2D eigenvalue weighted by Gasteiger charge is -2.20. The Morgan fingerprint density at radius 1 is 1.27 bits per heavy atom. The summed E-state index contributed by atoms with van der Waals surface area (Å²) in [5.41, 5.74) is 2.32. The van der Waals surface area contributed by atoms with Gasteiger partial charge in [-0.15, -0.1) is 0 Å². The summed E-state index contributed by atoms with van der Waals surface area (Å²) < 4.78 is 1.71. The minimum Gasteiger partial charge on any atom is -1.00 e. The molecule has 0 fully saturated rings. The standard InChI is InChI=1S/C17H20N2O2.ClH/c1-13-7-4-5-8-15(13)11-18(3)17(21)14(2)19-10-6-9-16(20)12-19;/h4-10,12,14H,11H2,1-3H3;1H. The molecule has 0 aliphatic heterocycles. The quantitative estimate of drug-likeness (QED) is 0.751. The van der Waals surface area contributed by atoms with E-state index in [1.807, 2.05) is 38.1 Å². The summed E-state index contributed by atoms with van der Waals surface area (Å²) in [6.45, 7) is 4.45. The zero-order chi connectivity index (χ0) is 15.4. The van der Waals surface area contributed by atoms with Crippen molar-refractivity contribution >= 4 is 5.91 Å². The number of pyridine rings is 1. The Kier molecular flexibility index (Phi) is 6.38. The van der Waals surface area contributed by atoms with Crippen LogP contribution in [0.4, 0.5) is 0 Å². The van der Waals surface area contributed by atoms with Gasteiger partial charge in [0, 0.05) is 26.6 Å². The van der Waals surface area contributed by atoms with Crippen LogP contribution in [-0.4, -0.2) is 23.0 Å². The lowest BCUT2D eigenvalue weighted by atomic mass is 10.1. The summed E-state index contributed by atoms with van der Waals surface area (Å²) in [6.07, 6.45) is 3.34. The highest BCUT2D eigenvalue weighted by molar-refractivity contribution is 5.78. The summed E-state index contributed by atoms with van der Waals surface area (Å²) in [5, 5.41) is 9.51. The Labute approximate surface area is 137 Å². The first-order valence-electron chi connectivity index (χ1n) is 6.98. The molecule has 4 nitrogen and oxygen atoms in total. The van der Waals surface area contributed by atoms with Gasteiger partial charge in [-0.25, -0.2) is 0 Å². The number of aryl methyl sites for hydroxylation is 1. The van der Waals surface area contributed by atoms with Crippen molar-refractivity contribution in [2.75, 3.05) is 7.05 Å². The van der Waals surface area contributed by atoms with E-state index in [-0.39, 0.29) is 30.1 Å². The third-order valence-corrected chi connectivity index (χ3v) is 3.66. The number of aromatic hydroxyl groups is 1. The van der Waals surface area contributed by atoms with Gasteiger partial charge in [-0.05, 0) is 24.1 Å². The van der Waals surface area contributed by atoms with Crippen LogP contribution in [0.25, 0.3) is 0 Å². The number of carbonyl (C=O) groups is 1. The average molecular weight is 321 g/mol. The molecule has 5 heteroatoms. The zero-order valence-corrected chi connectivity index (χ0v) is 13.8. The molecule has 0 saturated heterocycles. The fourth-order valence-corrected chi connectivity index (χ4v) is 2.29. The molecule has 0 aliphatic rings. The van der Waals surface area contributed by atoms with Crippen LogP contribution < -0.4 is 17.0 Å². The molecule has 2 aromatic rings. The lowest BCUT2D eigenvalue weighted by Crippen LogP contribution is -3.00. The number of halogens is 1. The summed E-state index contributed by atoms with van der Waals surface area (Å²) in [4.78, 5) is 14.2. The predicted octanol–water partition coefficient (Wildman–Crippen LogP) is -0.788. The largest absolute Gasteiger partial charge is 1.00 e. The van der Waals surface area contributed by atoms with E-state index >= 15 is 0 Å². The molecule has 0 radical (unpaired) electrons. The van der Waals surface area contributed by atoms with E-state index in [0.717, 1.165) is 5.56 Å². The van der Waals surface area contributed by atoms with Gasteiger partial charge in [-0.3, -0.25) is 4.79 Å². The highest BCUT2D eigenvalue weighted by atomic mass is 35.5. The molecule has 1 aromatic carbocycles. The second-order valence-electron chi connectivity index (χ2n) is 5.31. The Morgan fingerprint density at radius 3 is 2.59 bits per heavy atom. The molecule has 0 bridgehead atoms. The minimum atomic E-state index is -0.355. The summed E-state index contributed by atoms with van der Waals surface area (Å²) in [5.74, 6) is 0.160. The van der Waals surface area contributed by atoms with E-state index in [9.17, 15) is 9.90 Å². The highest BCUT2D eigenvalue weighted by Crippen LogP contribution is 2.12. The molecule has 2 rings (SSSR count). The Hall–Kier alpha value is -2.07. The zero-order valence-electron chi connectivity index (χ0n) is 13.0. The number of aromatic nitrogens is 1. The van der Waals surface area contributed by atoms with Gasteiger partial charge in [0.25, 0.3) is 5.91 Å². The lowest BCUT2D eigenvalue weighted by molar-refractivity contribution is -0.707. The van der Waals surface area contributed by atoms with E-state index in [4.69, 9.17) is 0 Å².